The highest BCUT2D eigenvalue weighted by Crippen LogP contribution is 2.22. The standard InChI is InChI=1S/C10H8ClNO2S/c11-8-2-1-7(15-8)5-6-12-9(13)3-4-10(12)14/h1-4H,5-6H2. The lowest BCUT2D eigenvalue weighted by atomic mass is 10.3. The quantitative estimate of drug-likeness (QED) is 0.758. The summed E-state index contributed by atoms with van der Waals surface area (Å²) in [4.78, 5) is 24.7. The minimum atomic E-state index is -0.234. The third-order valence-corrected chi connectivity index (χ3v) is 3.40. The first-order valence-electron chi connectivity index (χ1n) is 4.44. The zero-order valence-corrected chi connectivity index (χ0v) is 9.35. The molecule has 0 aromatic carbocycles. The van der Waals surface area contributed by atoms with Crippen molar-refractivity contribution in [1.29, 1.82) is 0 Å². The lowest BCUT2D eigenvalue weighted by Crippen LogP contribution is -2.31. The van der Waals surface area contributed by atoms with Crippen LogP contribution in [-0.4, -0.2) is 23.3 Å². The van der Waals surface area contributed by atoms with Crippen molar-refractivity contribution in [3.63, 3.8) is 0 Å². The Kier molecular flexibility index (Phi) is 2.88. The molecule has 0 saturated carbocycles. The van der Waals surface area contributed by atoms with E-state index in [1.807, 2.05) is 12.1 Å². The maximum atomic E-state index is 11.2. The van der Waals surface area contributed by atoms with E-state index in [9.17, 15) is 9.59 Å². The van der Waals surface area contributed by atoms with Gasteiger partial charge in [-0.3, -0.25) is 14.5 Å². The van der Waals surface area contributed by atoms with Crippen molar-refractivity contribution >= 4 is 34.8 Å². The molecule has 3 nitrogen and oxygen atoms in total. The first-order chi connectivity index (χ1) is 7.16. The van der Waals surface area contributed by atoms with Crippen LogP contribution in [0, 0.1) is 0 Å². The number of hydrogen-bond donors (Lipinski definition) is 0. The number of rotatable bonds is 3. The molecule has 0 spiro atoms. The van der Waals surface area contributed by atoms with E-state index in [4.69, 9.17) is 11.6 Å². The topological polar surface area (TPSA) is 37.4 Å². The van der Waals surface area contributed by atoms with Crippen molar-refractivity contribution in [3.8, 4) is 0 Å². The molecule has 2 amide bonds. The molecule has 2 rings (SSSR count). The van der Waals surface area contributed by atoms with E-state index in [0.717, 1.165) is 9.21 Å². The van der Waals surface area contributed by atoms with Gasteiger partial charge in [0.15, 0.2) is 0 Å². The van der Waals surface area contributed by atoms with Gasteiger partial charge in [-0.1, -0.05) is 11.6 Å². The van der Waals surface area contributed by atoms with Crippen molar-refractivity contribution in [2.45, 2.75) is 6.42 Å². The fraction of sp³-hybridized carbons (Fsp3) is 0.200. The summed E-state index contributed by atoms with van der Waals surface area (Å²) in [5.74, 6) is -0.467. The fourth-order valence-electron chi connectivity index (χ4n) is 1.36. The molecule has 5 heteroatoms. The third-order valence-electron chi connectivity index (χ3n) is 2.11. The van der Waals surface area contributed by atoms with E-state index in [1.165, 1.54) is 28.4 Å². The molecule has 2 heterocycles. The number of carbonyl (C=O) groups is 2. The number of hydrogen-bond acceptors (Lipinski definition) is 3. The average molecular weight is 242 g/mol. The summed E-state index contributed by atoms with van der Waals surface area (Å²) in [5, 5.41) is 0. The summed E-state index contributed by atoms with van der Waals surface area (Å²) in [5.41, 5.74) is 0. The number of amides is 2. The molecule has 78 valence electrons. The van der Waals surface area contributed by atoms with Crippen LogP contribution < -0.4 is 0 Å². The molecule has 0 bridgehead atoms. The normalized spacial score (nSPS) is 15.4. The summed E-state index contributed by atoms with van der Waals surface area (Å²) in [6, 6.07) is 3.72. The molecule has 1 aliphatic heterocycles. The molecular weight excluding hydrogens is 234 g/mol. The molecule has 0 fully saturated rings. The van der Waals surface area contributed by atoms with Gasteiger partial charge in [0.05, 0.1) is 4.34 Å². The first kappa shape index (κ1) is 10.4. The van der Waals surface area contributed by atoms with Gasteiger partial charge in [-0.15, -0.1) is 11.3 Å². The Morgan fingerprint density at radius 3 is 2.40 bits per heavy atom. The summed E-state index contributed by atoms with van der Waals surface area (Å²) < 4.78 is 0.724. The van der Waals surface area contributed by atoms with Crippen molar-refractivity contribution in [2.75, 3.05) is 6.54 Å². The Morgan fingerprint density at radius 2 is 1.87 bits per heavy atom. The van der Waals surface area contributed by atoms with Gasteiger partial charge < -0.3 is 0 Å². The molecular formula is C10H8ClNO2S. The Morgan fingerprint density at radius 1 is 1.20 bits per heavy atom. The van der Waals surface area contributed by atoms with Crippen molar-refractivity contribution in [1.82, 2.24) is 4.90 Å². The van der Waals surface area contributed by atoms with Crippen LogP contribution in [0.25, 0.3) is 0 Å². The predicted molar refractivity (Wildman–Crippen MR) is 58.9 cm³/mol. The van der Waals surface area contributed by atoms with Crippen LogP contribution in [0.15, 0.2) is 24.3 Å². The highest BCUT2D eigenvalue weighted by molar-refractivity contribution is 7.16. The highest BCUT2D eigenvalue weighted by atomic mass is 35.5. The van der Waals surface area contributed by atoms with Gasteiger partial charge in [-0.2, -0.15) is 0 Å². The average Bonchev–Trinajstić information content (AvgIpc) is 2.73. The zero-order valence-electron chi connectivity index (χ0n) is 7.77. The van der Waals surface area contributed by atoms with Crippen molar-refractivity contribution in [2.24, 2.45) is 0 Å². The Bertz CT molecular complexity index is 420. The second-order valence-electron chi connectivity index (χ2n) is 3.12. The molecule has 0 unspecified atom stereocenters. The van der Waals surface area contributed by atoms with Crippen LogP contribution in [0.3, 0.4) is 0 Å². The number of imide groups is 1. The molecule has 0 N–H and O–H groups in total. The second-order valence-corrected chi connectivity index (χ2v) is 4.92. The Hall–Kier alpha value is -1.13. The van der Waals surface area contributed by atoms with Gasteiger partial charge in [0, 0.05) is 23.6 Å². The molecule has 1 aliphatic rings. The van der Waals surface area contributed by atoms with E-state index < -0.39 is 0 Å². The molecule has 0 aliphatic carbocycles. The second kappa shape index (κ2) is 4.16. The molecule has 0 atom stereocenters. The van der Waals surface area contributed by atoms with Crippen LogP contribution in [0.1, 0.15) is 4.88 Å². The van der Waals surface area contributed by atoms with Crippen LogP contribution in [0.5, 0.6) is 0 Å². The van der Waals surface area contributed by atoms with E-state index in [1.54, 1.807) is 0 Å². The van der Waals surface area contributed by atoms with Crippen LogP contribution >= 0.6 is 22.9 Å². The van der Waals surface area contributed by atoms with Gasteiger partial charge in [0.25, 0.3) is 11.8 Å². The SMILES string of the molecule is O=C1C=CC(=O)N1CCc1ccc(Cl)s1. The molecule has 0 saturated heterocycles. The lowest BCUT2D eigenvalue weighted by molar-refractivity contribution is -0.136. The van der Waals surface area contributed by atoms with Gasteiger partial charge in [0.2, 0.25) is 0 Å². The van der Waals surface area contributed by atoms with Gasteiger partial charge in [0.1, 0.15) is 0 Å². The van der Waals surface area contributed by atoms with Crippen LogP contribution in [0.2, 0.25) is 4.34 Å². The number of thiophene rings is 1. The fourth-order valence-corrected chi connectivity index (χ4v) is 2.44. The molecule has 15 heavy (non-hydrogen) atoms. The number of halogens is 1. The van der Waals surface area contributed by atoms with Gasteiger partial charge in [-0.05, 0) is 18.6 Å². The van der Waals surface area contributed by atoms with Crippen molar-refractivity contribution < 1.29 is 9.59 Å². The molecule has 0 radical (unpaired) electrons. The maximum absolute atomic E-state index is 11.2. The van der Waals surface area contributed by atoms with E-state index in [0.29, 0.717) is 13.0 Å². The minimum absolute atomic E-state index is 0.234. The van der Waals surface area contributed by atoms with Crippen molar-refractivity contribution in [3.05, 3.63) is 33.5 Å². The summed E-state index contributed by atoms with van der Waals surface area (Å²) in [6.45, 7) is 0.418. The van der Waals surface area contributed by atoms with Crippen LogP contribution in [0.4, 0.5) is 0 Å². The summed E-state index contributed by atoms with van der Waals surface area (Å²) in [7, 11) is 0. The Labute approximate surface area is 96.0 Å². The van der Waals surface area contributed by atoms with E-state index in [-0.39, 0.29) is 11.8 Å². The van der Waals surface area contributed by atoms with Gasteiger partial charge in [-0.25, -0.2) is 0 Å². The summed E-state index contributed by atoms with van der Waals surface area (Å²) in [6.07, 6.45) is 3.25. The Balaban J connectivity index is 1.94. The molecule has 1 aromatic rings. The third kappa shape index (κ3) is 2.27. The number of carbonyl (C=O) groups excluding carboxylic acids is 2. The first-order valence-corrected chi connectivity index (χ1v) is 5.64. The van der Waals surface area contributed by atoms with Crippen LogP contribution in [-0.2, 0) is 16.0 Å². The number of nitrogens with zero attached hydrogens (tertiary/aromatic N) is 1. The van der Waals surface area contributed by atoms with E-state index in [2.05, 4.69) is 0 Å². The summed E-state index contributed by atoms with van der Waals surface area (Å²) >= 11 is 7.24. The predicted octanol–water partition coefficient (Wildman–Crippen LogP) is 1.87. The van der Waals surface area contributed by atoms with Gasteiger partial charge >= 0.3 is 0 Å². The van der Waals surface area contributed by atoms with E-state index >= 15 is 0 Å². The smallest absolute Gasteiger partial charge is 0.253 e. The monoisotopic (exact) mass is 241 g/mol. The largest absolute Gasteiger partial charge is 0.275 e. The lowest BCUT2D eigenvalue weighted by Gasteiger charge is -2.12. The zero-order chi connectivity index (χ0) is 10.8. The maximum Gasteiger partial charge on any atom is 0.253 e. The minimum Gasteiger partial charge on any atom is -0.275 e. The molecule has 1 aromatic heterocycles. The highest BCUT2D eigenvalue weighted by Gasteiger charge is 2.22.